The molecule has 112 valence electrons. The molecule has 1 aliphatic rings. The van der Waals surface area contributed by atoms with Crippen LogP contribution in [0.2, 0.25) is 0 Å². The molecule has 0 bridgehead atoms. The fraction of sp³-hybridized carbons (Fsp3) is 0.647. The van der Waals surface area contributed by atoms with Crippen LogP contribution in [0, 0.1) is 11.7 Å². The Morgan fingerprint density at radius 2 is 2.00 bits per heavy atom. The number of hydrogen-bond acceptors (Lipinski definition) is 2. The first-order valence-corrected chi connectivity index (χ1v) is 7.80. The molecular formula is C17H26FNO. The summed E-state index contributed by atoms with van der Waals surface area (Å²) in [5.74, 6) is 1.32. The maximum Gasteiger partial charge on any atom is 0.131 e. The van der Waals surface area contributed by atoms with E-state index in [4.69, 9.17) is 4.74 Å². The molecule has 0 heterocycles. The lowest BCUT2D eigenvalue weighted by molar-refractivity contribution is 0.133. The normalized spacial score (nSPS) is 24.4. The number of ether oxygens (including phenoxy) is 1. The quantitative estimate of drug-likeness (QED) is 0.859. The zero-order valence-corrected chi connectivity index (χ0v) is 12.8. The summed E-state index contributed by atoms with van der Waals surface area (Å²) in [6.45, 7) is 7.12. The summed E-state index contributed by atoms with van der Waals surface area (Å²) >= 11 is 0. The van der Waals surface area contributed by atoms with Crippen LogP contribution in [0.3, 0.4) is 0 Å². The molecule has 0 aliphatic heterocycles. The molecule has 0 saturated heterocycles. The zero-order chi connectivity index (χ0) is 14.5. The fourth-order valence-electron chi connectivity index (χ4n) is 2.98. The van der Waals surface area contributed by atoms with Crippen LogP contribution in [0.5, 0.6) is 5.75 Å². The molecule has 3 heteroatoms. The van der Waals surface area contributed by atoms with Crippen molar-refractivity contribution in [3.05, 3.63) is 29.6 Å². The molecule has 20 heavy (non-hydrogen) atoms. The van der Waals surface area contributed by atoms with Crippen molar-refractivity contribution < 1.29 is 9.13 Å². The number of rotatable bonds is 5. The van der Waals surface area contributed by atoms with Crippen molar-refractivity contribution in [2.24, 2.45) is 5.92 Å². The van der Waals surface area contributed by atoms with E-state index in [9.17, 15) is 4.39 Å². The highest BCUT2D eigenvalue weighted by molar-refractivity contribution is 5.37. The fourth-order valence-corrected chi connectivity index (χ4v) is 2.98. The molecule has 0 amide bonds. The summed E-state index contributed by atoms with van der Waals surface area (Å²) in [7, 11) is 0. The maximum absolute atomic E-state index is 14.1. The first-order valence-electron chi connectivity index (χ1n) is 7.80. The molecule has 0 radical (unpaired) electrons. The highest BCUT2D eigenvalue weighted by Gasteiger charge is 2.22. The van der Waals surface area contributed by atoms with Crippen LogP contribution in [0.1, 0.15) is 58.1 Å². The molecule has 1 aliphatic carbocycles. The van der Waals surface area contributed by atoms with Crippen molar-refractivity contribution in [2.75, 3.05) is 6.54 Å². The topological polar surface area (TPSA) is 21.3 Å². The molecule has 2 nitrogen and oxygen atoms in total. The van der Waals surface area contributed by atoms with E-state index in [1.165, 1.54) is 18.9 Å². The lowest BCUT2D eigenvalue weighted by Crippen LogP contribution is -2.25. The molecule has 0 aromatic heterocycles. The Labute approximate surface area is 121 Å². The largest absolute Gasteiger partial charge is 0.490 e. The summed E-state index contributed by atoms with van der Waals surface area (Å²) in [6, 6.07) is 5.11. The first kappa shape index (κ1) is 15.3. The average molecular weight is 279 g/mol. The van der Waals surface area contributed by atoms with Crippen LogP contribution in [0.4, 0.5) is 4.39 Å². The van der Waals surface area contributed by atoms with Crippen LogP contribution in [0.15, 0.2) is 18.2 Å². The molecule has 1 saturated carbocycles. The van der Waals surface area contributed by atoms with E-state index in [0.717, 1.165) is 25.3 Å². The Morgan fingerprint density at radius 1 is 1.30 bits per heavy atom. The van der Waals surface area contributed by atoms with Gasteiger partial charge in [0, 0.05) is 11.6 Å². The van der Waals surface area contributed by atoms with Gasteiger partial charge in [0.05, 0.1) is 6.10 Å². The smallest absolute Gasteiger partial charge is 0.131 e. The number of nitrogens with one attached hydrogen (secondary N) is 1. The first-order chi connectivity index (χ1) is 9.61. The third-order valence-corrected chi connectivity index (χ3v) is 4.21. The number of benzene rings is 1. The highest BCUT2D eigenvalue weighted by Crippen LogP contribution is 2.32. The predicted octanol–water partition coefficient (Wildman–Crippen LogP) is 4.45. The van der Waals surface area contributed by atoms with Gasteiger partial charge >= 0.3 is 0 Å². The van der Waals surface area contributed by atoms with Crippen molar-refractivity contribution in [2.45, 2.75) is 58.6 Å². The monoisotopic (exact) mass is 279 g/mol. The van der Waals surface area contributed by atoms with Crippen LogP contribution < -0.4 is 10.1 Å². The summed E-state index contributed by atoms with van der Waals surface area (Å²) in [4.78, 5) is 0. The van der Waals surface area contributed by atoms with Crippen LogP contribution >= 0.6 is 0 Å². The van der Waals surface area contributed by atoms with E-state index in [-0.39, 0.29) is 18.0 Å². The van der Waals surface area contributed by atoms with Gasteiger partial charge in [0.25, 0.3) is 0 Å². The van der Waals surface area contributed by atoms with E-state index in [1.54, 1.807) is 6.07 Å². The molecule has 1 unspecified atom stereocenters. The van der Waals surface area contributed by atoms with Crippen molar-refractivity contribution in [1.82, 2.24) is 5.32 Å². The van der Waals surface area contributed by atoms with Gasteiger partial charge in [0.2, 0.25) is 0 Å². The highest BCUT2D eigenvalue weighted by atomic mass is 19.1. The minimum atomic E-state index is -0.180. The zero-order valence-electron chi connectivity index (χ0n) is 12.8. The van der Waals surface area contributed by atoms with Gasteiger partial charge in [-0.15, -0.1) is 0 Å². The van der Waals surface area contributed by atoms with E-state index in [2.05, 4.69) is 12.2 Å². The second kappa shape index (κ2) is 7.07. The van der Waals surface area contributed by atoms with Gasteiger partial charge in [-0.3, -0.25) is 0 Å². The second-order valence-electron chi connectivity index (χ2n) is 5.93. The van der Waals surface area contributed by atoms with Gasteiger partial charge < -0.3 is 10.1 Å². The van der Waals surface area contributed by atoms with Crippen LogP contribution in [0.25, 0.3) is 0 Å². The summed E-state index contributed by atoms with van der Waals surface area (Å²) in [5.41, 5.74) is 0.660. The lowest BCUT2D eigenvalue weighted by Gasteiger charge is -2.28. The Hall–Kier alpha value is -1.09. The Kier molecular flexibility index (Phi) is 5.41. The Balaban J connectivity index is 2.12. The van der Waals surface area contributed by atoms with Gasteiger partial charge in [-0.1, -0.05) is 19.9 Å². The summed E-state index contributed by atoms with van der Waals surface area (Å²) in [6.07, 6.45) is 4.80. The summed E-state index contributed by atoms with van der Waals surface area (Å²) < 4.78 is 20.2. The van der Waals surface area contributed by atoms with Crippen molar-refractivity contribution >= 4 is 0 Å². The lowest BCUT2D eigenvalue weighted by atomic mass is 9.89. The van der Waals surface area contributed by atoms with Gasteiger partial charge in [-0.05, 0) is 57.2 Å². The molecule has 1 aromatic rings. The SMILES string of the molecule is CCNC(C)c1c(F)cccc1OC1CCC(C)CC1. The average Bonchev–Trinajstić information content (AvgIpc) is 2.42. The number of hydrogen-bond donors (Lipinski definition) is 1. The van der Waals surface area contributed by atoms with E-state index >= 15 is 0 Å². The molecular weight excluding hydrogens is 253 g/mol. The van der Waals surface area contributed by atoms with Crippen molar-refractivity contribution in [3.63, 3.8) is 0 Å². The van der Waals surface area contributed by atoms with Crippen molar-refractivity contribution in [1.29, 1.82) is 0 Å². The van der Waals surface area contributed by atoms with Gasteiger partial charge in [0.15, 0.2) is 0 Å². The van der Waals surface area contributed by atoms with Gasteiger partial charge in [-0.2, -0.15) is 0 Å². The Bertz CT molecular complexity index is 427. The predicted molar refractivity (Wildman–Crippen MR) is 80.5 cm³/mol. The molecule has 1 aromatic carbocycles. The third-order valence-electron chi connectivity index (χ3n) is 4.21. The maximum atomic E-state index is 14.1. The van der Waals surface area contributed by atoms with Crippen LogP contribution in [-0.2, 0) is 0 Å². The second-order valence-corrected chi connectivity index (χ2v) is 5.93. The standard InChI is InChI=1S/C17H26FNO/c1-4-19-13(3)17-15(18)6-5-7-16(17)20-14-10-8-12(2)9-11-14/h5-7,12-14,19H,4,8-11H2,1-3H3. The van der Waals surface area contributed by atoms with E-state index in [0.29, 0.717) is 11.3 Å². The summed E-state index contributed by atoms with van der Waals surface area (Å²) in [5, 5.41) is 3.27. The van der Waals surface area contributed by atoms with Crippen molar-refractivity contribution in [3.8, 4) is 5.75 Å². The van der Waals surface area contributed by atoms with E-state index < -0.39 is 0 Å². The minimum Gasteiger partial charge on any atom is -0.490 e. The van der Waals surface area contributed by atoms with E-state index in [1.807, 2.05) is 19.9 Å². The number of halogens is 1. The third kappa shape index (κ3) is 3.72. The van der Waals surface area contributed by atoms with Crippen LogP contribution in [-0.4, -0.2) is 12.6 Å². The molecule has 0 spiro atoms. The van der Waals surface area contributed by atoms with Gasteiger partial charge in [-0.25, -0.2) is 4.39 Å². The Morgan fingerprint density at radius 3 is 2.65 bits per heavy atom. The molecule has 1 fully saturated rings. The van der Waals surface area contributed by atoms with Gasteiger partial charge in [0.1, 0.15) is 11.6 Å². The molecule has 1 atom stereocenters. The molecule has 2 rings (SSSR count). The minimum absolute atomic E-state index is 0.0290. The molecule has 1 N–H and O–H groups in total.